The van der Waals surface area contributed by atoms with Crippen LogP contribution in [0.4, 0.5) is 0 Å². The Labute approximate surface area is 83.9 Å². The topological polar surface area (TPSA) is 23.6 Å². The van der Waals surface area contributed by atoms with Crippen LogP contribution in [0.2, 0.25) is 0 Å². The SMILES string of the molecule is C=C(Cl)CN1CCN(C(C)=O)CC1. The van der Waals surface area contributed by atoms with Crippen LogP contribution in [0.3, 0.4) is 0 Å². The van der Waals surface area contributed by atoms with Gasteiger partial charge in [0.25, 0.3) is 0 Å². The van der Waals surface area contributed by atoms with Gasteiger partial charge in [-0.05, 0) is 0 Å². The molecule has 1 aliphatic rings. The van der Waals surface area contributed by atoms with Gasteiger partial charge >= 0.3 is 0 Å². The average Bonchev–Trinajstić information content (AvgIpc) is 2.04. The van der Waals surface area contributed by atoms with Gasteiger partial charge in [-0.25, -0.2) is 0 Å². The van der Waals surface area contributed by atoms with Crippen LogP contribution in [0, 0.1) is 0 Å². The zero-order chi connectivity index (χ0) is 9.84. The van der Waals surface area contributed by atoms with Gasteiger partial charge < -0.3 is 4.90 Å². The first-order valence-electron chi connectivity index (χ1n) is 4.40. The molecule has 1 saturated heterocycles. The van der Waals surface area contributed by atoms with E-state index in [4.69, 9.17) is 11.6 Å². The Kier molecular flexibility index (Phi) is 3.75. The van der Waals surface area contributed by atoms with Gasteiger partial charge in [-0.15, -0.1) is 0 Å². The Balaban J connectivity index is 2.30. The van der Waals surface area contributed by atoms with Crippen molar-refractivity contribution in [1.82, 2.24) is 9.80 Å². The number of hydrogen-bond donors (Lipinski definition) is 0. The highest BCUT2D eigenvalue weighted by atomic mass is 35.5. The molecule has 0 atom stereocenters. The number of piperazine rings is 1. The lowest BCUT2D eigenvalue weighted by molar-refractivity contribution is -0.130. The fourth-order valence-electron chi connectivity index (χ4n) is 1.46. The van der Waals surface area contributed by atoms with E-state index < -0.39 is 0 Å². The Morgan fingerprint density at radius 2 is 1.92 bits per heavy atom. The fourth-order valence-corrected chi connectivity index (χ4v) is 1.63. The van der Waals surface area contributed by atoms with E-state index in [0.29, 0.717) is 5.03 Å². The molecule has 0 saturated carbocycles. The Hall–Kier alpha value is -0.540. The van der Waals surface area contributed by atoms with Gasteiger partial charge in [0.2, 0.25) is 5.91 Å². The number of hydrogen-bond acceptors (Lipinski definition) is 2. The lowest BCUT2D eigenvalue weighted by Crippen LogP contribution is -2.48. The molecular weight excluding hydrogens is 188 g/mol. The second-order valence-electron chi connectivity index (χ2n) is 3.30. The number of carbonyl (C=O) groups is 1. The molecule has 0 aliphatic carbocycles. The van der Waals surface area contributed by atoms with Gasteiger partial charge in [0, 0.05) is 44.7 Å². The number of carbonyl (C=O) groups excluding carboxylic acids is 1. The molecular formula is C9H15ClN2O. The van der Waals surface area contributed by atoms with Gasteiger partial charge in [-0.3, -0.25) is 9.69 Å². The lowest BCUT2D eigenvalue weighted by Gasteiger charge is -2.33. The smallest absolute Gasteiger partial charge is 0.219 e. The van der Waals surface area contributed by atoms with E-state index in [9.17, 15) is 4.79 Å². The molecule has 0 radical (unpaired) electrons. The van der Waals surface area contributed by atoms with Gasteiger partial charge in [-0.2, -0.15) is 0 Å². The molecule has 0 aromatic heterocycles. The standard InChI is InChI=1S/C9H15ClN2O/c1-8(10)7-11-3-5-12(6-4-11)9(2)13/h1,3-7H2,2H3. The van der Waals surface area contributed by atoms with Gasteiger partial charge in [0.15, 0.2) is 0 Å². The van der Waals surface area contributed by atoms with Gasteiger partial charge in [0.05, 0.1) is 0 Å². The summed E-state index contributed by atoms with van der Waals surface area (Å²) in [4.78, 5) is 15.0. The van der Waals surface area contributed by atoms with Crippen LogP contribution in [0.15, 0.2) is 11.6 Å². The first-order valence-corrected chi connectivity index (χ1v) is 4.78. The van der Waals surface area contributed by atoms with Crippen molar-refractivity contribution in [3.05, 3.63) is 11.6 Å². The second kappa shape index (κ2) is 4.63. The van der Waals surface area contributed by atoms with E-state index in [1.165, 1.54) is 0 Å². The predicted molar refractivity (Wildman–Crippen MR) is 53.7 cm³/mol. The normalized spacial score (nSPS) is 18.8. The first kappa shape index (κ1) is 10.5. The summed E-state index contributed by atoms with van der Waals surface area (Å²) in [5.41, 5.74) is 0. The van der Waals surface area contributed by atoms with Gasteiger partial charge in [0.1, 0.15) is 0 Å². The molecule has 1 amide bonds. The lowest BCUT2D eigenvalue weighted by atomic mass is 10.3. The monoisotopic (exact) mass is 202 g/mol. The van der Waals surface area contributed by atoms with Crippen molar-refractivity contribution >= 4 is 17.5 Å². The van der Waals surface area contributed by atoms with Crippen molar-refractivity contribution in [2.24, 2.45) is 0 Å². The average molecular weight is 203 g/mol. The summed E-state index contributed by atoms with van der Waals surface area (Å²) in [6.45, 7) is 9.38. The highest BCUT2D eigenvalue weighted by molar-refractivity contribution is 6.29. The van der Waals surface area contributed by atoms with Crippen LogP contribution in [-0.4, -0.2) is 48.4 Å². The number of halogens is 1. The number of amides is 1. The molecule has 1 rings (SSSR count). The summed E-state index contributed by atoms with van der Waals surface area (Å²) in [5.74, 6) is 0.157. The quantitative estimate of drug-likeness (QED) is 0.665. The summed E-state index contributed by atoms with van der Waals surface area (Å²) in [5, 5.41) is 0.663. The van der Waals surface area contributed by atoms with E-state index in [1.807, 2.05) is 4.90 Å². The van der Waals surface area contributed by atoms with Crippen molar-refractivity contribution in [2.75, 3.05) is 32.7 Å². The maximum Gasteiger partial charge on any atom is 0.219 e. The Bertz CT molecular complexity index is 210. The largest absolute Gasteiger partial charge is 0.340 e. The van der Waals surface area contributed by atoms with E-state index >= 15 is 0 Å². The first-order chi connectivity index (χ1) is 6.09. The van der Waals surface area contributed by atoms with E-state index in [0.717, 1.165) is 32.7 Å². The van der Waals surface area contributed by atoms with Crippen LogP contribution in [0.1, 0.15) is 6.92 Å². The third kappa shape index (κ3) is 3.36. The van der Waals surface area contributed by atoms with Crippen LogP contribution in [-0.2, 0) is 4.79 Å². The van der Waals surface area contributed by atoms with Crippen LogP contribution < -0.4 is 0 Å². The number of rotatable bonds is 2. The minimum absolute atomic E-state index is 0.157. The molecule has 0 spiro atoms. The molecule has 0 N–H and O–H groups in total. The van der Waals surface area contributed by atoms with Gasteiger partial charge in [-0.1, -0.05) is 18.2 Å². The predicted octanol–water partition coefficient (Wildman–Crippen LogP) is 0.903. The summed E-state index contributed by atoms with van der Waals surface area (Å²) in [6.07, 6.45) is 0. The third-order valence-electron chi connectivity index (χ3n) is 2.21. The molecule has 0 aromatic rings. The van der Waals surface area contributed by atoms with Crippen molar-refractivity contribution in [1.29, 1.82) is 0 Å². The molecule has 1 aliphatic heterocycles. The zero-order valence-electron chi connectivity index (χ0n) is 7.92. The molecule has 74 valence electrons. The molecule has 1 heterocycles. The third-order valence-corrected chi connectivity index (χ3v) is 2.33. The number of nitrogens with zero attached hydrogens (tertiary/aromatic N) is 2. The van der Waals surface area contributed by atoms with E-state index in [-0.39, 0.29) is 5.91 Å². The highest BCUT2D eigenvalue weighted by Crippen LogP contribution is 2.06. The summed E-state index contributed by atoms with van der Waals surface area (Å²) in [6, 6.07) is 0. The minimum atomic E-state index is 0.157. The molecule has 1 fully saturated rings. The maximum atomic E-state index is 11.0. The maximum absolute atomic E-state index is 11.0. The Morgan fingerprint density at radius 3 is 2.31 bits per heavy atom. The molecule has 0 bridgehead atoms. The highest BCUT2D eigenvalue weighted by Gasteiger charge is 2.17. The van der Waals surface area contributed by atoms with E-state index in [2.05, 4.69) is 11.5 Å². The van der Waals surface area contributed by atoms with Crippen LogP contribution in [0.25, 0.3) is 0 Å². The summed E-state index contributed by atoms with van der Waals surface area (Å²) >= 11 is 5.69. The summed E-state index contributed by atoms with van der Waals surface area (Å²) < 4.78 is 0. The van der Waals surface area contributed by atoms with E-state index in [1.54, 1.807) is 6.92 Å². The van der Waals surface area contributed by atoms with Crippen molar-refractivity contribution in [2.45, 2.75) is 6.92 Å². The van der Waals surface area contributed by atoms with Crippen molar-refractivity contribution < 1.29 is 4.79 Å². The zero-order valence-corrected chi connectivity index (χ0v) is 8.68. The molecule has 0 unspecified atom stereocenters. The molecule has 3 nitrogen and oxygen atoms in total. The van der Waals surface area contributed by atoms with Crippen molar-refractivity contribution in [3.63, 3.8) is 0 Å². The van der Waals surface area contributed by atoms with Crippen LogP contribution >= 0.6 is 11.6 Å². The molecule has 0 aromatic carbocycles. The van der Waals surface area contributed by atoms with Crippen molar-refractivity contribution in [3.8, 4) is 0 Å². The van der Waals surface area contributed by atoms with Crippen LogP contribution in [0.5, 0.6) is 0 Å². The summed E-state index contributed by atoms with van der Waals surface area (Å²) in [7, 11) is 0. The minimum Gasteiger partial charge on any atom is -0.340 e. The fraction of sp³-hybridized carbons (Fsp3) is 0.667. The molecule has 13 heavy (non-hydrogen) atoms. The Morgan fingerprint density at radius 1 is 1.38 bits per heavy atom. The second-order valence-corrected chi connectivity index (χ2v) is 3.83. The molecule has 4 heteroatoms.